The summed E-state index contributed by atoms with van der Waals surface area (Å²) in [6.45, 7) is 2.04. The maximum atomic E-state index is 13.6. The van der Waals surface area contributed by atoms with Crippen LogP contribution in [0.15, 0.2) is 30.5 Å². The number of nitriles is 1. The van der Waals surface area contributed by atoms with Crippen LogP contribution in [0.25, 0.3) is 10.9 Å². The minimum atomic E-state index is -3.13. The van der Waals surface area contributed by atoms with Gasteiger partial charge in [0.2, 0.25) is 5.91 Å². The number of rotatable bonds is 7. The highest BCUT2D eigenvalue weighted by molar-refractivity contribution is 6.07. The second-order valence-electron chi connectivity index (χ2n) is 7.86. The van der Waals surface area contributed by atoms with Crippen molar-refractivity contribution in [3.63, 3.8) is 0 Å². The first-order valence-electron chi connectivity index (χ1n) is 10.0. The molecule has 1 atom stereocenters. The molecule has 8 nitrogen and oxygen atoms in total. The van der Waals surface area contributed by atoms with Crippen LogP contribution in [-0.4, -0.2) is 59.1 Å². The van der Waals surface area contributed by atoms with Crippen LogP contribution in [0.2, 0.25) is 0 Å². The number of ketones is 1. The highest BCUT2D eigenvalue weighted by Gasteiger charge is 2.47. The SMILES string of the molecule is CC(C)C(=O)COc1ccc2nccc(C(=O)NCC(=O)N3CC(F)(F)C[C@H]3C#N)c2c1. The van der Waals surface area contributed by atoms with Gasteiger partial charge in [0.1, 0.15) is 18.4 Å². The molecule has 2 amide bonds. The third kappa shape index (κ3) is 5.17. The molecule has 2 aromatic rings. The van der Waals surface area contributed by atoms with Gasteiger partial charge in [-0.3, -0.25) is 19.4 Å². The van der Waals surface area contributed by atoms with Gasteiger partial charge in [-0.1, -0.05) is 13.8 Å². The molecule has 0 radical (unpaired) electrons. The Kier molecular flexibility index (Phi) is 6.67. The van der Waals surface area contributed by atoms with E-state index in [9.17, 15) is 23.2 Å². The van der Waals surface area contributed by atoms with E-state index in [1.54, 1.807) is 38.1 Å². The van der Waals surface area contributed by atoms with Crippen LogP contribution >= 0.6 is 0 Å². The van der Waals surface area contributed by atoms with Crippen LogP contribution in [0.3, 0.4) is 0 Å². The minimum absolute atomic E-state index is 0.0732. The van der Waals surface area contributed by atoms with E-state index in [2.05, 4.69) is 10.3 Å². The molecule has 0 bridgehead atoms. The predicted octanol–water partition coefficient (Wildman–Crippen LogP) is 2.33. The molecule has 1 fully saturated rings. The molecule has 0 aliphatic carbocycles. The number of amides is 2. The number of halogens is 2. The van der Waals surface area contributed by atoms with E-state index in [1.165, 1.54) is 12.3 Å². The van der Waals surface area contributed by atoms with E-state index < -0.39 is 43.3 Å². The molecule has 1 saturated heterocycles. The number of carbonyl (C=O) groups excluding carboxylic acids is 3. The Balaban J connectivity index is 1.72. The first kappa shape index (κ1) is 23.1. The van der Waals surface area contributed by atoms with Crippen molar-refractivity contribution >= 4 is 28.5 Å². The monoisotopic (exact) mass is 444 g/mol. The molecular formula is C22H22F2N4O4. The van der Waals surface area contributed by atoms with Gasteiger partial charge in [-0.15, -0.1) is 0 Å². The highest BCUT2D eigenvalue weighted by atomic mass is 19.3. The molecular weight excluding hydrogens is 422 g/mol. The molecule has 32 heavy (non-hydrogen) atoms. The first-order chi connectivity index (χ1) is 15.1. The summed E-state index contributed by atoms with van der Waals surface area (Å²) in [7, 11) is 0. The van der Waals surface area contributed by atoms with Crippen molar-refractivity contribution in [1.29, 1.82) is 5.26 Å². The number of hydrogen-bond acceptors (Lipinski definition) is 6. The lowest BCUT2D eigenvalue weighted by Gasteiger charge is -2.19. The number of pyridine rings is 1. The number of benzene rings is 1. The van der Waals surface area contributed by atoms with Crippen molar-refractivity contribution in [3.8, 4) is 11.8 Å². The summed E-state index contributed by atoms with van der Waals surface area (Å²) >= 11 is 0. The molecule has 3 rings (SSSR count). The number of aromatic nitrogens is 1. The third-order valence-corrected chi connectivity index (χ3v) is 5.12. The third-order valence-electron chi connectivity index (χ3n) is 5.12. The Morgan fingerprint density at radius 1 is 1.34 bits per heavy atom. The van der Waals surface area contributed by atoms with Gasteiger partial charge in [0, 0.05) is 23.9 Å². The average Bonchev–Trinajstić information content (AvgIpc) is 3.09. The second-order valence-corrected chi connectivity index (χ2v) is 7.86. The number of hydrogen-bond donors (Lipinski definition) is 1. The number of nitrogens with zero attached hydrogens (tertiary/aromatic N) is 3. The fourth-order valence-electron chi connectivity index (χ4n) is 3.28. The summed E-state index contributed by atoms with van der Waals surface area (Å²) in [6, 6.07) is 6.75. The predicted molar refractivity (Wildman–Crippen MR) is 110 cm³/mol. The maximum Gasteiger partial charge on any atom is 0.268 e. The molecule has 0 spiro atoms. The first-order valence-corrected chi connectivity index (χ1v) is 10.0. The number of likely N-dealkylation sites (tertiary alicyclic amines) is 1. The fourth-order valence-corrected chi connectivity index (χ4v) is 3.28. The van der Waals surface area contributed by atoms with E-state index in [-0.39, 0.29) is 23.9 Å². The number of Topliss-reactive ketones (excluding diaryl/α,β-unsaturated/α-hetero) is 1. The highest BCUT2D eigenvalue weighted by Crippen LogP contribution is 2.31. The zero-order valence-corrected chi connectivity index (χ0v) is 17.6. The Morgan fingerprint density at radius 2 is 2.09 bits per heavy atom. The van der Waals surface area contributed by atoms with Gasteiger partial charge in [-0.25, -0.2) is 8.78 Å². The molecule has 1 N–H and O–H groups in total. The van der Waals surface area contributed by atoms with Crippen molar-refractivity contribution in [3.05, 3.63) is 36.0 Å². The van der Waals surface area contributed by atoms with Crippen LogP contribution in [-0.2, 0) is 9.59 Å². The lowest BCUT2D eigenvalue weighted by Crippen LogP contribution is -2.43. The quantitative estimate of drug-likeness (QED) is 0.702. The van der Waals surface area contributed by atoms with Crippen molar-refractivity contribution in [2.45, 2.75) is 32.2 Å². The van der Waals surface area contributed by atoms with Crippen LogP contribution in [0.4, 0.5) is 8.78 Å². The summed E-state index contributed by atoms with van der Waals surface area (Å²) in [5.74, 6) is -4.38. The molecule has 1 aromatic heterocycles. The van der Waals surface area contributed by atoms with Crippen molar-refractivity contribution in [1.82, 2.24) is 15.2 Å². The molecule has 0 saturated carbocycles. The Bertz CT molecular complexity index is 1100. The standard InChI is InChI=1S/C22H22F2N4O4/c1-13(2)19(29)11-32-15-3-4-18-17(7-15)16(5-6-26-18)21(31)27-10-20(30)28-12-22(23,24)8-14(28)9-25/h3-7,13-14H,8,10-12H2,1-2H3,(H,27,31)/t14-/m0/s1. The Morgan fingerprint density at radius 3 is 2.78 bits per heavy atom. The zero-order valence-electron chi connectivity index (χ0n) is 17.6. The Labute approximate surface area is 183 Å². The summed E-state index contributed by atoms with van der Waals surface area (Å²) in [4.78, 5) is 41.8. The lowest BCUT2D eigenvalue weighted by molar-refractivity contribution is -0.131. The molecule has 1 aromatic carbocycles. The molecule has 2 heterocycles. The second kappa shape index (κ2) is 9.26. The Hall–Kier alpha value is -3.61. The van der Waals surface area contributed by atoms with Crippen molar-refractivity contribution < 1.29 is 27.9 Å². The van der Waals surface area contributed by atoms with Crippen LogP contribution in [0.5, 0.6) is 5.75 Å². The van der Waals surface area contributed by atoms with Gasteiger partial charge in [-0.2, -0.15) is 5.26 Å². The van der Waals surface area contributed by atoms with Gasteiger partial charge < -0.3 is 15.0 Å². The van der Waals surface area contributed by atoms with Gasteiger partial charge in [0.15, 0.2) is 5.78 Å². The zero-order chi connectivity index (χ0) is 23.5. The van der Waals surface area contributed by atoms with Crippen LogP contribution in [0, 0.1) is 17.2 Å². The number of carbonyl (C=O) groups is 3. The number of nitrogens with one attached hydrogen (secondary N) is 1. The van der Waals surface area contributed by atoms with Crippen LogP contribution in [0.1, 0.15) is 30.6 Å². The summed E-state index contributed by atoms with van der Waals surface area (Å²) in [5.41, 5.74) is 0.697. The topological polar surface area (TPSA) is 112 Å². The lowest BCUT2D eigenvalue weighted by atomic mass is 10.1. The summed E-state index contributed by atoms with van der Waals surface area (Å²) in [5, 5.41) is 11.9. The molecule has 1 aliphatic heterocycles. The van der Waals surface area contributed by atoms with Gasteiger partial charge >= 0.3 is 0 Å². The number of fused-ring (bicyclic) bond motifs is 1. The van der Waals surface area contributed by atoms with Crippen molar-refractivity contribution in [2.75, 3.05) is 19.7 Å². The summed E-state index contributed by atoms with van der Waals surface area (Å²) < 4.78 is 32.6. The number of ether oxygens (including phenoxy) is 1. The smallest absolute Gasteiger partial charge is 0.268 e. The largest absolute Gasteiger partial charge is 0.486 e. The van der Waals surface area contributed by atoms with E-state index in [4.69, 9.17) is 10.00 Å². The van der Waals surface area contributed by atoms with Crippen LogP contribution < -0.4 is 10.1 Å². The molecule has 168 valence electrons. The van der Waals surface area contributed by atoms with Gasteiger partial charge in [0.05, 0.1) is 30.2 Å². The van der Waals surface area contributed by atoms with E-state index in [0.29, 0.717) is 16.7 Å². The minimum Gasteiger partial charge on any atom is -0.486 e. The van der Waals surface area contributed by atoms with Gasteiger partial charge in [0.25, 0.3) is 11.8 Å². The van der Waals surface area contributed by atoms with Crippen molar-refractivity contribution in [2.24, 2.45) is 5.92 Å². The number of alkyl halides is 2. The van der Waals surface area contributed by atoms with E-state index in [1.807, 2.05) is 0 Å². The fraction of sp³-hybridized carbons (Fsp3) is 0.409. The molecule has 0 unspecified atom stereocenters. The molecule has 10 heteroatoms. The maximum absolute atomic E-state index is 13.6. The van der Waals surface area contributed by atoms with Gasteiger partial charge in [-0.05, 0) is 24.3 Å². The average molecular weight is 444 g/mol. The summed E-state index contributed by atoms with van der Waals surface area (Å²) in [6.07, 6.45) is 0.703. The normalized spacial score (nSPS) is 17.2. The molecule has 1 aliphatic rings. The van der Waals surface area contributed by atoms with E-state index >= 15 is 0 Å². The van der Waals surface area contributed by atoms with E-state index in [0.717, 1.165) is 4.90 Å².